The Labute approximate surface area is 106 Å². The molecule has 0 atom stereocenters. The molecule has 0 radical (unpaired) electrons. The fraction of sp³-hybridized carbons (Fsp3) is 0.100. The summed E-state index contributed by atoms with van der Waals surface area (Å²) in [7, 11) is 0. The third kappa shape index (κ3) is 3.88. The summed E-state index contributed by atoms with van der Waals surface area (Å²) in [6.07, 6.45) is -4.55. The molecule has 0 aliphatic rings. The van der Waals surface area contributed by atoms with Crippen molar-refractivity contribution < 1.29 is 13.2 Å². The van der Waals surface area contributed by atoms with Gasteiger partial charge < -0.3 is 17.2 Å². The largest absolute Gasteiger partial charge is 0.416 e. The molecule has 0 aliphatic heterocycles. The predicted molar refractivity (Wildman–Crippen MR) is 63.3 cm³/mol. The maximum absolute atomic E-state index is 12.5. The maximum Gasteiger partial charge on any atom is 0.416 e. The lowest BCUT2D eigenvalue weighted by Crippen LogP contribution is -2.26. The molecule has 9 heteroatoms. The molecule has 6 nitrogen and oxygen atoms in total. The normalized spacial score (nSPS) is 11.8. The van der Waals surface area contributed by atoms with Crippen LogP contribution in [0.3, 0.4) is 0 Å². The Morgan fingerprint density at radius 1 is 1.21 bits per heavy atom. The van der Waals surface area contributed by atoms with Crippen molar-refractivity contribution in [2.75, 3.05) is 0 Å². The third-order valence-corrected chi connectivity index (χ3v) is 1.92. The van der Waals surface area contributed by atoms with E-state index in [9.17, 15) is 13.2 Å². The quantitative estimate of drug-likeness (QED) is 0.515. The minimum atomic E-state index is -4.55. The van der Waals surface area contributed by atoms with Crippen molar-refractivity contribution in [1.82, 2.24) is 0 Å². The number of nitrogens with zero attached hydrogens (tertiary/aromatic N) is 3. The first-order chi connectivity index (χ1) is 8.74. The molecule has 1 aromatic rings. The summed E-state index contributed by atoms with van der Waals surface area (Å²) in [6.45, 7) is 0. The average molecular weight is 270 g/mol. The molecule has 0 fully saturated rings. The van der Waals surface area contributed by atoms with Gasteiger partial charge in [0.15, 0.2) is 5.96 Å². The molecule has 0 amide bonds. The van der Waals surface area contributed by atoms with Gasteiger partial charge in [0.25, 0.3) is 0 Å². The van der Waals surface area contributed by atoms with E-state index in [2.05, 4.69) is 9.98 Å². The molecule has 1 aromatic carbocycles. The molecular weight excluding hydrogens is 261 g/mol. The highest BCUT2D eigenvalue weighted by atomic mass is 19.4. The first-order valence-electron chi connectivity index (χ1n) is 4.79. The van der Waals surface area contributed by atoms with E-state index >= 15 is 0 Å². The zero-order chi connectivity index (χ0) is 14.6. The molecule has 0 aromatic heterocycles. The van der Waals surface area contributed by atoms with Gasteiger partial charge in [0, 0.05) is 0 Å². The van der Waals surface area contributed by atoms with E-state index in [1.54, 1.807) is 6.07 Å². The Morgan fingerprint density at radius 3 is 2.32 bits per heavy atom. The molecule has 19 heavy (non-hydrogen) atoms. The van der Waals surface area contributed by atoms with Gasteiger partial charge in [-0.1, -0.05) is 0 Å². The van der Waals surface area contributed by atoms with Crippen molar-refractivity contribution >= 4 is 17.6 Å². The second kappa shape index (κ2) is 5.26. The number of alkyl halides is 3. The number of nitrogens with two attached hydrogens (primary N) is 3. The molecule has 0 spiro atoms. The van der Waals surface area contributed by atoms with E-state index in [1.807, 2.05) is 0 Å². The fourth-order valence-corrected chi connectivity index (χ4v) is 1.18. The molecule has 0 saturated carbocycles. The van der Waals surface area contributed by atoms with Gasteiger partial charge in [-0.3, -0.25) is 0 Å². The second-order valence-electron chi connectivity index (χ2n) is 3.35. The first kappa shape index (κ1) is 14.3. The zero-order valence-corrected chi connectivity index (χ0v) is 9.44. The third-order valence-electron chi connectivity index (χ3n) is 1.92. The van der Waals surface area contributed by atoms with Gasteiger partial charge in [-0.05, 0) is 18.2 Å². The van der Waals surface area contributed by atoms with Crippen LogP contribution in [-0.4, -0.2) is 11.9 Å². The number of guanidine groups is 2. The minimum Gasteiger partial charge on any atom is -0.370 e. The van der Waals surface area contributed by atoms with Crippen LogP contribution >= 0.6 is 0 Å². The molecule has 1 rings (SSSR count). The second-order valence-corrected chi connectivity index (χ2v) is 3.35. The number of hydrogen-bond acceptors (Lipinski definition) is 2. The summed E-state index contributed by atoms with van der Waals surface area (Å²) in [6, 6.07) is 4.14. The van der Waals surface area contributed by atoms with Crippen LogP contribution in [0.25, 0.3) is 0 Å². The van der Waals surface area contributed by atoms with Crippen molar-refractivity contribution in [3.63, 3.8) is 0 Å². The van der Waals surface area contributed by atoms with E-state index in [0.717, 1.165) is 12.1 Å². The van der Waals surface area contributed by atoms with E-state index in [-0.39, 0.29) is 11.3 Å². The monoisotopic (exact) mass is 270 g/mol. The molecule has 0 aliphatic carbocycles. The van der Waals surface area contributed by atoms with Gasteiger partial charge in [0.05, 0.1) is 16.8 Å². The molecule has 0 heterocycles. The Morgan fingerprint density at radius 2 is 1.84 bits per heavy atom. The molecule has 0 bridgehead atoms. The van der Waals surface area contributed by atoms with Gasteiger partial charge >= 0.3 is 6.18 Å². The Bertz CT molecular complexity index is 578. The van der Waals surface area contributed by atoms with Crippen LogP contribution in [0.1, 0.15) is 11.1 Å². The Kier molecular flexibility index (Phi) is 3.96. The molecule has 6 N–H and O–H groups in total. The van der Waals surface area contributed by atoms with E-state index in [0.29, 0.717) is 6.07 Å². The predicted octanol–water partition coefficient (Wildman–Crippen LogP) is 0.797. The molecule has 0 saturated heterocycles. The lowest BCUT2D eigenvalue weighted by atomic mass is 10.1. The summed E-state index contributed by atoms with van der Waals surface area (Å²) < 4.78 is 37.6. The first-order valence-corrected chi connectivity index (χ1v) is 4.79. The van der Waals surface area contributed by atoms with E-state index in [1.165, 1.54) is 0 Å². The molecular formula is C10H9F3N6. The van der Waals surface area contributed by atoms with Gasteiger partial charge in [0.2, 0.25) is 5.96 Å². The van der Waals surface area contributed by atoms with Crippen LogP contribution in [0, 0.1) is 11.3 Å². The topological polar surface area (TPSA) is 127 Å². The van der Waals surface area contributed by atoms with Crippen LogP contribution in [0.2, 0.25) is 0 Å². The highest BCUT2D eigenvalue weighted by Gasteiger charge is 2.31. The van der Waals surface area contributed by atoms with Gasteiger partial charge in [-0.2, -0.15) is 23.4 Å². The summed E-state index contributed by atoms with van der Waals surface area (Å²) in [5.41, 5.74) is 14.1. The number of benzene rings is 1. The van der Waals surface area contributed by atoms with Crippen LogP contribution in [0.15, 0.2) is 28.2 Å². The SMILES string of the molecule is N#Cc1ccc(C(F)(F)F)cc1N=C(N)N=C(N)N. The van der Waals surface area contributed by atoms with E-state index in [4.69, 9.17) is 22.5 Å². The van der Waals surface area contributed by atoms with Crippen molar-refractivity contribution in [3.8, 4) is 6.07 Å². The number of hydrogen-bond donors (Lipinski definition) is 3. The maximum atomic E-state index is 12.5. The van der Waals surface area contributed by atoms with Gasteiger partial charge in [-0.25, -0.2) is 4.99 Å². The highest BCUT2D eigenvalue weighted by molar-refractivity contribution is 5.93. The highest BCUT2D eigenvalue weighted by Crippen LogP contribution is 2.33. The summed E-state index contributed by atoms with van der Waals surface area (Å²) in [5.74, 6) is -0.845. The van der Waals surface area contributed by atoms with Crippen LogP contribution in [0.5, 0.6) is 0 Å². The Hall–Kier alpha value is -2.76. The van der Waals surface area contributed by atoms with E-state index < -0.39 is 23.7 Å². The van der Waals surface area contributed by atoms with Crippen molar-refractivity contribution in [2.24, 2.45) is 27.2 Å². The summed E-state index contributed by atoms with van der Waals surface area (Å²) in [4.78, 5) is 6.92. The number of rotatable bonds is 1. The van der Waals surface area contributed by atoms with Gasteiger partial charge in [0.1, 0.15) is 6.07 Å². The summed E-state index contributed by atoms with van der Waals surface area (Å²) in [5, 5.41) is 8.78. The number of halogens is 3. The lowest BCUT2D eigenvalue weighted by molar-refractivity contribution is -0.137. The summed E-state index contributed by atoms with van der Waals surface area (Å²) >= 11 is 0. The number of aliphatic imine (C=N–C) groups is 2. The zero-order valence-electron chi connectivity index (χ0n) is 9.44. The van der Waals surface area contributed by atoms with Crippen molar-refractivity contribution in [3.05, 3.63) is 29.3 Å². The standard InChI is InChI=1S/C10H9F3N6/c11-10(12,13)6-2-1-5(4-14)7(3-6)18-9(17)19-8(15)16/h1-3H,(H6,15,16,17,18,19). The number of nitriles is 1. The smallest absolute Gasteiger partial charge is 0.370 e. The average Bonchev–Trinajstić information content (AvgIpc) is 2.26. The van der Waals surface area contributed by atoms with Gasteiger partial charge in [-0.15, -0.1) is 0 Å². The van der Waals surface area contributed by atoms with Crippen LogP contribution < -0.4 is 17.2 Å². The van der Waals surface area contributed by atoms with Crippen LogP contribution in [0.4, 0.5) is 18.9 Å². The lowest BCUT2D eigenvalue weighted by Gasteiger charge is -2.07. The molecule has 100 valence electrons. The Balaban J connectivity index is 3.33. The van der Waals surface area contributed by atoms with Crippen molar-refractivity contribution in [2.45, 2.75) is 6.18 Å². The van der Waals surface area contributed by atoms with Crippen LogP contribution in [-0.2, 0) is 6.18 Å². The minimum absolute atomic E-state index is 0.0817. The van der Waals surface area contributed by atoms with Crippen molar-refractivity contribution in [1.29, 1.82) is 5.26 Å². The fourth-order valence-electron chi connectivity index (χ4n) is 1.18. The molecule has 0 unspecified atom stereocenters.